The largest absolute Gasteiger partial charge is 0.396 e. The van der Waals surface area contributed by atoms with Crippen LogP contribution in [0.25, 0.3) is 0 Å². The molecule has 106 valence electrons. The molecule has 1 aromatic rings. The third kappa shape index (κ3) is 4.46. The van der Waals surface area contributed by atoms with Crippen LogP contribution in [0.15, 0.2) is 6.07 Å². The second-order valence-corrected chi connectivity index (χ2v) is 5.38. The lowest BCUT2D eigenvalue weighted by Crippen LogP contribution is -2.21. The molecule has 1 saturated heterocycles. The van der Waals surface area contributed by atoms with Gasteiger partial charge in [-0.2, -0.15) is 0 Å². The van der Waals surface area contributed by atoms with E-state index in [0.717, 1.165) is 50.4 Å². The first kappa shape index (κ1) is 14.3. The lowest BCUT2D eigenvalue weighted by molar-refractivity contribution is 0.282. The fourth-order valence-electron chi connectivity index (χ4n) is 2.57. The Balaban J connectivity index is 1.89. The highest BCUT2D eigenvalue weighted by molar-refractivity contribution is 5.33. The van der Waals surface area contributed by atoms with E-state index in [1.807, 2.05) is 0 Å². The van der Waals surface area contributed by atoms with Gasteiger partial charge in [0.05, 0.1) is 0 Å². The van der Waals surface area contributed by atoms with Gasteiger partial charge >= 0.3 is 0 Å². The maximum atomic E-state index is 8.75. The van der Waals surface area contributed by atoms with Crippen molar-refractivity contribution in [1.82, 2.24) is 9.97 Å². The minimum Gasteiger partial charge on any atom is -0.396 e. The number of rotatable bonds is 7. The van der Waals surface area contributed by atoms with Crippen LogP contribution in [0.3, 0.4) is 0 Å². The summed E-state index contributed by atoms with van der Waals surface area (Å²) in [6, 6.07) is 2.10. The molecule has 0 bridgehead atoms. The van der Waals surface area contributed by atoms with E-state index >= 15 is 0 Å². The van der Waals surface area contributed by atoms with Crippen molar-refractivity contribution < 1.29 is 5.11 Å². The lowest BCUT2D eigenvalue weighted by Gasteiger charge is -2.16. The Morgan fingerprint density at radius 3 is 2.58 bits per heavy atom. The molecule has 0 spiro atoms. The Bertz CT molecular complexity index is 389. The van der Waals surface area contributed by atoms with Crippen LogP contribution in [0, 0.1) is 6.92 Å². The summed E-state index contributed by atoms with van der Waals surface area (Å²) in [5, 5.41) is 8.75. The average molecular weight is 263 g/mol. The number of aryl methyl sites for hydroxylation is 2. The molecule has 0 radical (unpaired) electrons. The van der Waals surface area contributed by atoms with Gasteiger partial charge < -0.3 is 10.0 Å². The molecule has 4 nitrogen and oxygen atoms in total. The fraction of sp³-hybridized carbons (Fsp3) is 0.733. The topological polar surface area (TPSA) is 49.3 Å². The number of aromatic nitrogens is 2. The number of hydrogen-bond donors (Lipinski definition) is 1. The minimum absolute atomic E-state index is 0.311. The van der Waals surface area contributed by atoms with Crippen LogP contribution in [-0.2, 0) is 6.42 Å². The SMILES string of the molecule is Cc1cc(CCCCCCO)nc(N2CCCC2)n1. The third-order valence-corrected chi connectivity index (χ3v) is 3.63. The van der Waals surface area contributed by atoms with E-state index in [0.29, 0.717) is 6.61 Å². The summed E-state index contributed by atoms with van der Waals surface area (Å²) in [6.45, 7) is 4.56. The smallest absolute Gasteiger partial charge is 0.225 e. The highest BCUT2D eigenvalue weighted by Crippen LogP contribution is 2.17. The highest BCUT2D eigenvalue weighted by atomic mass is 16.2. The predicted molar refractivity (Wildman–Crippen MR) is 77.5 cm³/mol. The molecular weight excluding hydrogens is 238 g/mol. The van der Waals surface area contributed by atoms with Gasteiger partial charge in [-0.05, 0) is 45.1 Å². The van der Waals surface area contributed by atoms with Gasteiger partial charge in [0.25, 0.3) is 0 Å². The molecule has 2 heterocycles. The molecule has 1 aromatic heterocycles. The van der Waals surface area contributed by atoms with Crippen LogP contribution in [0.5, 0.6) is 0 Å². The molecular formula is C15H25N3O. The molecule has 0 atom stereocenters. The summed E-state index contributed by atoms with van der Waals surface area (Å²) >= 11 is 0. The number of hydrogen-bond acceptors (Lipinski definition) is 4. The van der Waals surface area contributed by atoms with E-state index in [4.69, 9.17) is 10.1 Å². The molecule has 0 amide bonds. The van der Waals surface area contributed by atoms with Gasteiger partial charge in [-0.15, -0.1) is 0 Å². The number of unbranched alkanes of at least 4 members (excludes halogenated alkanes) is 3. The van der Waals surface area contributed by atoms with Crippen molar-refractivity contribution in [3.63, 3.8) is 0 Å². The van der Waals surface area contributed by atoms with E-state index in [2.05, 4.69) is 22.9 Å². The summed E-state index contributed by atoms with van der Waals surface area (Å²) in [4.78, 5) is 11.5. The molecule has 2 rings (SSSR count). The van der Waals surface area contributed by atoms with Crippen LogP contribution in [0.1, 0.15) is 49.9 Å². The van der Waals surface area contributed by atoms with Crippen LogP contribution < -0.4 is 4.90 Å². The van der Waals surface area contributed by atoms with Crippen molar-refractivity contribution in [3.8, 4) is 0 Å². The first-order valence-electron chi connectivity index (χ1n) is 7.50. The Morgan fingerprint density at radius 2 is 1.84 bits per heavy atom. The van der Waals surface area contributed by atoms with Gasteiger partial charge in [0, 0.05) is 31.1 Å². The zero-order chi connectivity index (χ0) is 13.5. The summed E-state index contributed by atoms with van der Waals surface area (Å²) in [5.74, 6) is 0.919. The Hall–Kier alpha value is -1.16. The van der Waals surface area contributed by atoms with Crippen molar-refractivity contribution in [2.24, 2.45) is 0 Å². The number of aliphatic hydroxyl groups excluding tert-OH is 1. The monoisotopic (exact) mass is 263 g/mol. The molecule has 0 unspecified atom stereocenters. The standard InChI is InChI=1S/C15H25N3O/c1-13-12-14(8-4-2-3-7-11-19)17-15(16-13)18-9-5-6-10-18/h12,19H,2-11H2,1H3. The number of nitrogens with zero attached hydrogens (tertiary/aromatic N) is 3. The van der Waals surface area contributed by atoms with Crippen LogP contribution in [0.2, 0.25) is 0 Å². The van der Waals surface area contributed by atoms with Gasteiger partial charge in [-0.1, -0.05) is 12.8 Å². The highest BCUT2D eigenvalue weighted by Gasteiger charge is 2.15. The first-order valence-corrected chi connectivity index (χ1v) is 7.50. The maximum Gasteiger partial charge on any atom is 0.225 e. The molecule has 1 aliphatic heterocycles. The van der Waals surface area contributed by atoms with Crippen molar-refractivity contribution in [1.29, 1.82) is 0 Å². The molecule has 1 N–H and O–H groups in total. The van der Waals surface area contributed by atoms with Crippen LogP contribution >= 0.6 is 0 Å². The summed E-state index contributed by atoms with van der Waals surface area (Å²) < 4.78 is 0. The van der Waals surface area contributed by atoms with Gasteiger partial charge in [0.15, 0.2) is 0 Å². The fourth-order valence-corrected chi connectivity index (χ4v) is 2.57. The zero-order valence-electron chi connectivity index (χ0n) is 11.9. The summed E-state index contributed by atoms with van der Waals surface area (Å²) in [5.41, 5.74) is 2.24. The van der Waals surface area contributed by atoms with Gasteiger partial charge in [0.2, 0.25) is 5.95 Å². The third-order valence-electron chi connectivity index (χ3n) is 3.63. The molecule has 1 fully saturated rings. The van der Waals surface area contributed by atoms with Gasteiger partial charge in [0.1, 0.15) is 0 Å². The Labute approximate surface area is 115 Å². The second kappa shape index (κ2) is 7.43. The molecule has 0 aliphatic carbocycles. The zero-order valence-corrected chi connectivity index (χ0v) is 11.9. The summed E-state index contributed by atoms with van der Waals surface area (Å²) in [7, 11) is 0. The Kier molecular flexibility index (Phi) is 5.58. The average Bonchev–Trinajstić information content (AvgIpc) is 2.92. The second-order valence-electron chi connectivity index (χ2n) is 5.38. The van der Waals surface area contributed by atoms with Crippen LogP contribution in [0.4, 0.5) is 5.95 Å². The van der Waals surface area contributed by atoms with Crippen molar-refractivity contribution in [2.45, 2.75) is 51.9 Å². The van der Waals surface area contributed by atoms with Crippen molar-refractivity contribution in [2.75, 3.05) is 24.6 Å². The van der Waals surface area contributed by atoms with Gasteiger partial charge in [-0.25, -0.2) is 9.97 Å². The lowest BCUT2D eigenvalue weighted by atomic mass is 10.1. The minimum atomic E-state index is 0.311. The first-order chi connectivity index (χ1) is 9.29. The quantitative estimate of drug-likeness (QED) is 0.768. The van der Waals surface area contributed by atoms with Crippen molar-refractivity contribution >= 4 is 5.95 Å². The molecule has 1 aliphatic rings. The van der Waals surface area contributed by atoms with E-state index in [9.17, 15) is 0 Å². The molecule has 4 heteroatoms. The van der Waals surface area contributed by atoms with E-state index in [1.165, 1.54) is 25.0 Å². The molecule has 0 saturated carbocycles. The maximum absolute atomic E-state index is 8.75. The summed E-state index contributed by atoms with van der Waals surface area (Å²) in [6.07, 6.45) is 7.89. The van der Waals surface area contributed by atoms with Crippen molar-refractivity contribution in [3.05, 3.63) is 17.5 Å². The molecule has 0 aromatic carbocycles. The normalized spacial score (nSPS) is 15.2. The number of aliphatic hydroxyl groups is 1. The van der Waals surface area contributed by atoms with E-state index in [1.54, 1.807) is 0 Å². The van der Waals surface area contributed by atoms with Crippen LogP contribution in [-0.4, -0.2) is 34.8 Å². The molecule has 19 heavy (non-hydrogen) atoms. The number of anilines is 1. The van der Waals surface area contributed by atoms with Gasteiger partial charge in [-0.3, -0.25) is 0 Å². The predicted octanol–water partition coefficient (Wildman–Crippen LogP) is 2.48. The van der Waals surface area contributed by atoms with E-state index in [-0.39, 0.29) is 0 Å². The van der Waals surface area contributed by atoms with E-state index < -0.39 is 0 Å². The Morgan fingerprint density at radius 1 is 1.11 bits per heavy atom.